The molecule has 0 radical (unpaired) electrons. The van der Waals surface area contributed by atoms with Crippen LogP contribution in [0.5, 0.6) is 0 Å². The summed E-state index contributed by atoms with van der Waals surface area (Å²) < 4.78 is 12.1. The van der Waals surface area contributed by atoms with Gasteiger partial charge in [0.25, 0.3) is 0 Å². The van der Waals surface area contributed by atoms with E-state index in [0.29, 0.717) is 6.61 Å². The zero-order valence-corrected chi connectivity index (χ0v) is 13.2. The summed E-state index contributed by atoms with van der Waals surface area (Å²) in [6, 6.07) is 14.6. The van der Waals surface area contributed by atoms with Crippen molar-refractivity contribution in [2.24, 2.45) is 5.92 Å². The molecule has 1 aliphatic rings. The molecule has 1 saturated heterocycles. The van der Waals surface area contributed by atoms with Crippen molar-refractivity contribution in [2.45, 2.75) is 45.2 Å². The zero-order chi connectivity index (χ0) is 15.5. The van der Waals surface area contributed by atoms with Gasteiger partial charge in [0.1, 0.15) is 0 Å². The molecular weight excluding hydrogens is 276 g/mol. The Hall–Kier alpha value is -1.42. The lowest BCUT2D eigenvalue weighted by atomic mass is 9.93. The van der Waals surface area contributed by atoms with Crippen LogP contribution in [0.3, 0.4) is 0 Å². The molecular formula is C19H24O3. The minimum absolute atomic E-state index is 0.139. The lowest BCUT2D eigenvalue weighted by Crippen LogP contribution is -2.37. The second kappa shape index (κ2) is 6.78. The Balaban J connectivity index is 1.77. The predicted octanol–water partition coefficient (Wildman–Crippen LogP) is 4.05. The van der Waals surface area contributed by atoms with E-state index in [1.54, 1.807) is 0 Å². The average molecular weight is 300 g/mol. The maximum absolute atomic E-state index is 9.61. The number of fused-ring (bicyclic) bond motifs is 1. The summed E-state index contributed by atoms with van der Waals surface area (Å²) in [6.45, 7) is 4.59. The molecule has 4 atom stereocenters. The van der Waals surface area contributed by atoms with Crippen LogP contribution in [0.4, 0.5) is 0 Å². The molecule has 2 aromatic rings. The van der Waals surface area contributed by atoms with Crippen molar-refractivity contribution in [1.82, 2.24) is 0 Å². The summed E-state index contributed by atoms with van der Waals surface area (Å²) in [6.07, 6.45) is 1.18. The van der Waals surface area contributed by atoms with Gasteiger partial charge in [-0.3, -0.25) is 0 Å². The van der Waals surface area contributed by atoms with Gasteiger partial charge in [-0.05, 0) is 36.6 Å². The van der Waals surface area contributed by atoms with E-state index in [4.69, 9.17) is 9.47 Å². The van der Waals surface area contributed by atoms with Crippen LogP contribution in [0.2, 0.25) is 0 Å². The van der Waals surface area contributed by atoms with E-state index >= 15 is 0 Å². The van der Waals surface area contributed by atoms with Crippen molar-refractivity contribution < 1.29 is 14.6 Å². The minimum atomic E-state index is -0.316. The first kappa shape index (κ1) is 15.5. The summed E-state index contributed by atoms with van der Waals surface area (Å²) in [5, 5.41) is 12.0. The number of rotatable bonds is 4. The quantitative estimate of drug-likeness (QED) is 0.925. The Morgan fingerprint density at radius 2 is 1.95 bits per heavy atom. The van der Waals surface area contributed by atoms with E-state index < -0.39 is 0 Å². The van der Waals surface area contributed by atoms with E-state index in [9.17, 15) is 5.11 Å². The van der Waals surface area contributed by atoms with Crippen LogP contribution in [0.15, 0.2) is 42.5 Å². The molecule has 22 heavy (non-hydrogen) atoms. The fraction of sp³-hybridized carbons (Fsp3) is 0.474. The Morgan fingerprint density at radius 3 is 2.68 bits per heavy atom. The lowest BCUT2D eigenvalue weighted by Gasteiger charge is -2.37. The van der Waals surface area contributed by atoms with E-state index in [-0.39, 0.29) is 24.4 Å². The third-order valence-corrected chi connectivity index (χ3v) is 4.38. The number of aliphatic hydroxyl groups excluding tert-OH is 1. The average Bonchev–Trinajstić information content (AvgIpc) is 2.54. The monoisotopic (exact) mass is 300 g/mol. The van der Waals surface area contributed by atoms with Gasteiger partial charge in [0.2, 0.25) is 0 Å². The zero-order valence-electron chi connectivity index (χ0n) is 13.2. The first-order valence-electron chi connectivity index (χ1n) is 8.11. The molecule has 3 rings (SSSR count). The fourth-order valence-electron chi connectivity index (χ4n) is 3.24. The normalized spacial score (nSPS) is 27.0. The molecule has 3 nitrogen and oxygen atoms in total. The van der Waals surface area contributed by atoms with Crippen LogP contribution in [-0.4, -0.2) is 23.9 Å². The Bertz CT molecular complexity index is 623. The summed E-state index contributed by atoms with van der Waals surface area (Å²) in [4.78, 5) is 0. The van der Waals surface area contributed by atoms with Gasteiger partial charge in [-0.2, -0.15) is 0 Å². The van der Waals surface area contributed by atoms with Crippen molar-refractivity contribution in [1.29, 1.82) is 0 Å². The summed E-state index contributed by atoms with van der Waals surface area (Å²) in [5.41, 5.74) is 1.06. The molecule has 0 spiro atoms. The van der Waals surface area contributed by atoms with Crippen molar-refractivity contribution in [3.63, 3.8) is 0 Å². The molecule has 2 aromatic carbocycles. The van der Waals surface area contributed by atoms with Crippen LogP contribution in [0.1, 0.15) is 38.5 Å². The molecule has 0 aromatic heterocycles. The van der Waals surface area contributed by atoms with Gasteiger partial charge in [-0.1, -0.05) is 43.3 Å². The molecule has 118 valence electrons. The molecule has 4 unspecified atom stereocenters. The van der Waals surface area contributed by atoms with Gasteiger partial charge in [0.15, 0.2) is 6.29 Å². The number of aliphatic hydroxyl groups is 1. The molecule has 0 saturated carbocycles. The highest BCUT2D eigenvalue weighted by atomic mass is 16.7. The summed E-state index contributed by atoms with van der Waals surface area (Å²) in [5.74, 6) is 0.265. The van der Waals surface area contributed by atoms with E-state index in [0.717, 1.165) is 18.4 Å². The molecule has 3 heteroatoms. The second-order valence-corrected chi connectivity index (χ2v) is 6.20. The summed E-state index contributed by atoms with van der Waals surface area (Å²) >= 11 is 0. The van der Waals surface area contributed by atoms with Crippen LogP contribution in [-0.2, 0) is 9.47 Å². The minimum Gasteiger partial charge on any atom is -0.393 e. The molecule has 1 fully saturated rings. The number of hydrogen-bond donors (Lipinski definition) is 1. The second-order valence-electron chi connectivity index (χ2n) is 6.20. The summed E-state index contributed by atoms with van der Waals surface area (Å²) in [7, 11) is 0. The molecule has 0 bridgehead atoms. The Morgan fingerprint density at radius 1 is 1.18 bits per heavy atom. The van der Waals surface area contributed by atoms with Crippen molar-refractivity contribution >= 4 is 10.8 Å². The Labute approximate surface area is 131 Å². The molecule has 1 aliphatic heterocycles. The van der Waals surface area contributed by atoms with E-state index in [1.807, 2.05) is 19.1 Å². The first-order valence-corrected chi connectivity index (χ1v) is 8.11. The SMILES string of the molecule is CCC1OC(c2ccc3ccccc3c2)OCC1CC(C)O. The highest BCUT2D eigenvalue weighted by molar-refractivity contribution is 5.83. The van der Waals surface area contributed by atoms with E-state index in [1.165, 1.54) is 10.8 Å². The first-order chi connectivity index (χ1) is 10.7. The number of hydrogen-bond acceptors (Lipinski definition) is 3. The predicted molar refractivity (Wildman–Crippen MR) is 87.6 cm³/mol. The van der Waals surface area contributed by atoms with Gasteiger partial charge in [0, 0.05) is 11.5 Å². The lowest BCUT2D eigenvalue weighted by molar-refractivity contribution is -0.245. The third-order valence-electron chi connectivity index (χ3n) is 4.38. The molecule has 1 heterocycles. The molecule has 0 aliphatic carbocycles. The fourth-order valence-corrected chi connectivity index (χ4v) is 3.24. The van der Waals surface area contributed by atoms with Gasteiger partial charge in [-0.15, -0.1) is 0 Å². The molecule has 0 amide bonds. The highest BCUT2D eigenvalue weighted by Crippen LogP contribution is 2.33. The largest absolute Gasteiger partial charge is 0.393 e. The van der Waals surface area contributed by atoms with Crippen molar-refractivity contribution in [3.05, 3.63) is 48.0 Å². The van der Waals surface area contributed by atoms with Gasteiger partial charge < -0.3 is 14.6 Å². The maximum Gasteiger partial charge on any atom is 0.184 e. The topological polar surface area (TPSA) is 38.7 Å². The van der Waals surface area contributed by atoms with Gasteiger partial charge >= 0.3 is 0 Å². The Kier molecular flexibility index (Phi) is 4.77. The highest BCUT2D eigenvalue weighted by Gasteiger charge is 2.32. The van der Waals surface area contributed by atoms with Crippen LogP contribution in [0.25, 0.3) is 10.8 Å². The number of benzene rings is 2. The standard InChI is InChI=1S/C19H24O3/c1-3-18-17(10-13(2)20)12-21-19(22-18)16-9-8-14-6-4-5-7-15(14)11-16/h4-9,11,13,17-20H,3,10,12H2,1-2H3. The van der Waals surface area contributed by atoms with Crippen LogP contribution in [0, 0.1) is 5.92 Å². The van der Waals surface area contributed by atoms with Gasteiger partial charge in [0.05, 0.1) is 18.8 Å². The third kappa shape index (κ3) is 3.32. The van der Waals surface area contributed by atoms with Crippen LogP contribution >= 0.6 is 0 Å². The van der Waals surface area contributed by atoms with Crippen molar-refractivity contribution in [3.8, 4) is 0 Å². The molecule has 1 N–H and O–H groups in total. The van der Waals surface area contributed by atoms with Crippen molar-refractivity contribution in [2.75, 3.05) is 6.61 Å². The number of ether oxygens (including phenoxy) is 2. The smallest absolute Gasteiger partial charge is 0.184 e. The maximum atomic E-state index is 9.61. The van der Waals surface area contributed by atoms with E-state index in [2.05, 4.69) is 37.3 Å². The van der Waals surface area contributed by atoms with Gasteiger partial charge in [-0.25, -0.2) is 0 Å². The van der Waals surface area contributed by atoms with Crippen LogP contribution < -0.4 is 0 Å².